The van der Waals surface area contributed by atoms with Crippen LogP contribution in [-0.2, 0) is 10.2 Å². The molecule has 1 unspecified atom stereocenters. The molecule has 0 bridgehead atoms. The van der Waals surface area contributed by atoms with E-state index in [-0.39, 0.29) is 18.3 Å². The summed E-state index contributed by atoms with van der Waals surface area (Å²) in [5.41, 5.74) is 5.37. The van der Waals surface area contributed by atoms with Gasteiger partial charge in [-0.1, -0.05) is 27.7 Å². The highest BCUT2D eigenvalue weighted by Gasteiger charge is 2.27. The van der Waals surface area contributed by atoms with Gasteiger partial charge in [-0.25, -0.2) is 0 Å². The summed E-state index contributed by atoms with van der Waals surface area (Å²) in [5, 5.41) is 7.31. The second-order valence-corrected chi connectivity index (χ2v) is 5.83. The van der Waals surface area contributed by atoms with E-state index in [0.717, 1.165) is 0 Å². The highest BCUT2D eigenvalue weighted by molar-refractivity contribution is 7.86. The van der Waals surface area contributed by atoms with Crippen LogP contribution in [0.15, 0.2) is 0 Å². The number of rotatable bonds is 8. The Kier molecular flexibility index (Phi) is 6.66. The molecule has 7 heteroatoms. The first kappa shape index (κ1) is 16.3. The normalized spacial score (nSPS) is 14.2. The first-order valence-corrected chi connectivity index (χ1v) is 7.29. The summed E-state index contributed by atoms with van der Waals surface area (Å²) in [6, 6.07) is 0. The van der Waals surface area contributed by atoms with Gasteiger partial charge >= 0.3 is 0 Å². The van der Waals surface area contributed by atoms with Gasteiger partial charge in [0.15, 0.2) is 0 Å². The Labute approximate surface area is 104 Å². The summed E-state index contributed by atoms with van der Waals surface area (Å²) >= 11 is 0. The number of amidine groups is 1. The molecule has 0 aliphatic rings. The van der Waals surface area contributed by atoms with Gasteiger partial charge in [0.1, 0.15) is 0 Å². The predicted octanol–water partition coefficient (Wildman–Crippen LogP) is 0.467. The molecule has 0 radical (unpaired) electrons. The monoisotopic (exact) mass is 264 g/mol. The number of nitrogens with two attached hydrogens (primary N) is 1. The van der Waals surface area contributed by atoms with Crippen molar-refractivity contribution in [2.45, 2.75) is 27.7 Å². The number of nitrogens with zero attached hydrogens (tertiary/aromatic N) is 2. The van der Waals surface area contributed by atoms with E-state index in [1.165, 1.54) is 8.61 Å². The number of hydrogen-bond donors (Lipinski definition) is 2. The number of hydrogen-bond acceptors (Lipinski definition) is 3. The predicted molar refractivity (Wildman–Crippen MR) is 70.2 cm³/mol. The average molecular weight is 264 g/mol. The van der Waals surface area contributed by atoms with Crippen molar-refractivity contribution >= 4 is 16.0 Å². The van der Waals surface area contributed by atoms with E-state index in [4.69, 9.17) is 11.1 Å². The topological polar surface area (TPSA) is 90.5 Å². The van der Waals surface area contributed by atoms with Crippen LogP contribution >= 0.6 is 0 Å². The first-order valence-electron chi connectivity index (χ1n) is 5.90. The third-order valence-corrected chi connectivity index (χ3v) is 4.95. The van der Waals surface area contributed by atoms with Crippen molar-refractivity contribution in [2.75, 3.05) is 26.2 Å². The van der Waals surface area contributed by atoms with Crippen molar-refractivity contribution in [3.05, 3.63) is 0 Å². The molecule has 0 aromatic rings. The summed E-state index contributed by atoms with van der Waals surface area (Å²) in [7, 11) is -3.43. The SMILES string of the molecule is CCN(CC)S(=O)(=O)N(CC)CC(C)C(=N)N. The minimum Gasteiger partial charge on any atom is -0.387 e. The van der Waals surface area contributed by atoms with Crippen LogP contribution in [0.2, 0.25) is 0 Å². The molecule has 0 heterocycles. The molecule has 0 aromatic heterocycles. The van der Waals surface area contributed by atoms with Gasteiger partial charge in [0.25, 0.3) is 10.2 Å². The zero-order chi connectivity index (χ0) is 13.6. The molecular weight excluding hydrogens is 240 g/mol. The molecule has 0 saturated heterocycles. The lowest BCUT2D eigenvalue weighted by Gasteiger charge is -2.29. The Balaban J connectivity index is 4.92. The molecule has 3 N–H and O–H groups in total. The maximum Gasteiger partial charge on any atom is 0.281 e. The quantitative estimate of drug-likeness (QED) is 0.493. The molecule has 0 spiro atoms. The fourth-order valence-electron chi connectivity index (χ4n) is 1.50. The minimum atomic E-state index is -3.43. The highest BCUT2D eigenvalue weighted by Crippen LogP contribution is 2.10. The van der Waals surface area contributed by atoms with E-state index in [2.05, 4.69) is 0 Å². The Hall–Kier alpha value is -0.660. The largest absolute Gasteiger partial charge is 0.387 e. The van der Waals surface area contributed by atoms with Crippen LogP contribution in [-0.4, -0.2) is 49.0 Å². The maximum atomic E-state index is 12.2. The summed E-state index contributed by atoms with van der Waals surface area (Å²) in [5.74, 6) is -0.251. The maximum absolute atomic E-state index is 12.2. The van der Waals surface area contributed by atoms with Gasteiger partial charge in [-0.2, -0.15) is 17.0 Å². The van der Waals surface area contributed by atoms with E-state index in [1.54, 1.807) is 13.8 Å². The van der Waals surface area contributed by atoms with Crippen molar-refractivity contribution in [1.29, 1.82) is 5.41 Å². The van der Waals surface area contributed by atoms with Crippen LogP contribution in [0.1, 0.15) is 27.7 Å². The molecule has 0 fully saturated rings. The summed E-state index contributed by atoms with van der Waals surface area (Å²) < 4.78 is 27.2. The van der Waals surface area contributed by atoms with Gasteiger partial charge < -0.3 is 5.73 Å². The van der Waals surface area contributed by atoms with Crippen molar-refractivity contribution in [3.63, 3.8) is 0 Å². The second-order valence-electron chi connectivity index (χ2n) is 3.90. The van der Waals surface area contributed by atoms with Crippen LogP contribution in [0, 0.1) is 11.3 Å². The van der Waals surface area contributed by atoms with Crippen LogP contribution < -0.4 is 5.73 Å². The van der Waals surface area contributed by atoms with Crippen LogP contribution in [0.3, 0.4) is 0 Å². The molecule has 0 amide bonds. The Morgan fingerprint density at radius 2 is 1.59 bits per heavy atom. The van der Waals surface area contributed by atoms with E-state index < -0.39 is 10.2 Å². The lowest BCUT2D eigenvalue weighted by Crippen LogP contribution is -2.46. The van der Waals surface area contributed by atoms with E-state index in [1.807, 2.05) is 13.8 Å². The molecule has 6 nitrogen and oxygen atoms in total. The van der Waals surface area contributed by atoms with E-state index >= 15 is 0 Å². The fraction of sp³-hybridized carbons (Fsp3) is 0.900. The van der Waals surface area contributed by atoms with Gasteiger partial charge in [-0.3, -0.25) is 5.41 Å². The second kappa shape index (κ2) is 6.93. The fourth-order valence-corrected chi connectivity index (χ4v) is 3.22. The minimum absolute atomic E-state index is 0.0122. The highest BCUT2D eigenvalue weighted by atomic mass is 32.2. The molecule has 1 atom stereocenters. The zero-order valence-corrected chi connectivity index (χ0v) is 11.9. The van der Waals surface area contributed by atoms with Gasteiger partial charge in [0, 0.05) is 32.1 Å². The Morgan fingerprint density at radius 1 is 1.18 bits per heavy atom. The van der Waals surface area contributed by atoms with Crippen molar-refractivity contribution < 1.29 is 8.42 Å². The smallest absolute Gasteiger partial charge is 0.281 e. The standard InChI is InChI=1S/C10H24N4O2S/c1-5-13(6-2)17(15,16)14(7-3)8-9(4)10(11)12/h9H,5-8H2,1-4H3,(H3,11,12). The van der Waals surface area contributed by atoms with Crippen LogP contribution in [0.25, 0.3) is 0 Å². The molecule has 0 aliphatic heterocycles. The van der Waals surface area contributed by atoms with Gasteiger partial charge in [0.2, 0.25) is 0 Å². The molecule has 0 rings (SSSR count). The van der Waals surface area contributed by atoms with Gasteiger partial charge in [-0.05, 0) is 0 Å². The first-order chi connectivity index (χ1) is 7.81. The number of nitrogens with one attached hydrogen (secondary N) is 1. The zero-order valence-electron chi connectivity index (χ0n) is 11.1. The summed E-state index contributed by atoms with van der Waals surface area (Å²) in [6.07, 6.45) is 0. The lowest BCUT2D eigenvalue weighted by atomic mass is 10.1. The van der Waals surface area contributed by atoms with Crippen LogP contribution in [0.5, 0.6) is 0 Å². The van der Waals surface area contributed by atoms with Gasteiger partial charge in [0.05, 0.1) is 5.84 Å². The third kappa shape index (κ3) is 4.25. The molecule has 0 aromatic carbocycles. The Bertz CT molecular complexity index is 338. The van der Waals surface area contributed by atoms with Crippen LogP contribution in [0.4, 0.5) is 0 Å². The summed E-state index contributed by atoms with van der Waals surface area (Å²) in [6.45, 7) is 8.69. The third-order valence-electron chi connectivity index (χ3n) is 2.72. The van der Waals surface area contributed by atoms with Crippen molar-refractivity contribution in [3.8, 4) is 0 Å². The molecular formula is C10H24N4O2S. The summed E-state index contributed by atoms with van der Waals surface area (Å²) in [4.78, 5) is 0. The van der Waals surface area contributed by atoms with Crippen molar-refractivity contribution in [2.24, 2.45) is 11.7 Å². The van der Waals surface area contributed by atoms with Gasteiger partial charge in [-0.15, -0.1) is 0 Å². The molecule has 102 valence electrons. The van der Waals surface area contributed by atoms with Crippen molar-refractivity contribution in [1.82, 2.24) is 8.61 Å². The molecule has 0 saturated carbocycles. The van der Waals surface area contributed by atoms with E-state index in [9.17, 15) is 8.42 Å². The van der Waals surface area contributed by atoms with E-state index in [0.29, 0.717) is 19.6 Å². The lowest BCUT2D eigenvalue weighted by molar-refractivity contribution is 0.344. The average Bonchev–Trinajstić information content (AvgIpc) is 2.26. The molecule has 17 heavy (non-hydrogen) atoms. The Morgan fingerprint density at radius 3 is 1.88 bits per heavy atom. The molecule has 0 aliphatic carbocycles.